The van der Waals surface area contributed by atoms with Gasteiger partial charge >= 0.3 is 0 Å². The van der Waals surface area contributed by atoms with E-state index in [2.05, 4.69) is 132 Å². The number of hydrogen-bond donors (Lipinski definition) is 0. The van der Waals surface area contributed by atoms with E-state index in [-0.39, 0.29) is 0 Å². The topological polar surface area (TPSA) is 43.3 Å². The highest BCUT2D eigenvalue weighted by Crippen LogP contribution is 2.41. The van der Waals surface area contributed by atoms with Gasteiger partial charge in [-0.05, 0) is 63.9 Å². The van der Waals surface area contributed by atoms with E-state index >= 15 is 0 Å². The predicted octanol–water partition coefficient (Wildman–Crippen LogP) is 12.1. The molecule has 0 aliphatic rings. The first kappa shape index (κ1) is 28.3. The van der Waals surface area contributed by atoms with Crippen LogP contribution in [0.25, 0.3) is 94.6 Å². The highest BCUT2D eigenvalue weighted by atomic mass is 16.3. The van der Waals surface area contributed by atoms with E-state index in [4.69, 9.17) is 14.4 Å². The van der Waals surface area contributed by atoms with Gasteiger partial charge in [-0.1, -0.05) is 140 Å². The van der Waals surface area contributed by atoms with Crippen LogP contribution in [-0.2, 0) is 0 Å². The van der Waals surface area contributed by atoms with Gasteiger partial charge in [-0.15, -0.1) is 0 Å². The fourth-order valence-corrected chi connectivity index (χ4v) is 7.14. The highest BCUT2D eigenvalue weighted by Gasteiger charge is 2.21. The van der Waals surface area contributed by atoms with Crippen molar-refractivity contribution in [3.8, 4) is 56.2 Å². The lowest BCUT2D eigenvalue weighted by Gasteiger charge is -2.10. The lowest BCUT2D eigenvalue weighted by molar-refractivity contribution is 0.658. The standard InChI is InChI=1S/C46H29N3O/c1-3-12-31(13-4-1)39-29-40(48-45(47-39)34-14-5-2-6-15-34)32-20-22-33(23-21-32)44-38-28-37(36-24-19-30-11-7-8-16-35(30)27-36)25-26-41(38)49-42-17-9-10-18-43(42)50-46(44)49/h1-29H. The van der Waals surface area contributed by atoms with Crippen LogP contribution in [0, 0.1) is 0 Å². The summed E-state index contributed by atoms with van der Waals surface area (Å²) in [6.45, 7) is 0. The van der Waals surface area contributed by atoms with Gasteiger partial charge in [0.15, 0.2) is 11.4 Å². The van der Waals surface area contributed by atoms with Crippen molar-refractivity contribution in [3.05, 3.63) is 176 Å². The molecule has 234 valence electrons. The number of nitrogens with zero attached hydrogens (tertiary/aromatic N) is 3. The highest BCUT2D eigenvalue weighted by molar-refractivity contribution is 6.08. The molecule has 0 spiro atoms. The van der Waals surface area contributed by atoms with E-state index in [1.165, 1.54) is 21.9 Å². The first-order valence-corrected chi connectivity index (χ1v) is 16.8. The number of oxazole rings is 1. The molecule has 0 fully saturated rings. The Hall–Kier alpha value is -6.78. The molecule has 0 saturated heterocycles. The third-order valence-electron chi connectivity index (χ3n) is 9.62. The molecule has 0 unspecified atom stereocenters. The second kappa shape index (κ2) is 11.4. The second-order valence-corrected chi connectivity index (χ2v) is 12.7. The molecular weight excluding hydrogens is 611 g/mol. The Balaban J connectivity index is 1.14. The maximum atomic E-state index is 6.61. The van der Waals surface area contributed by atoms with Crippen LogP contribution in [0.2, 0.25) is 0 Å². The van der Waals surface area contributed by atoms with Crippen LogP contribution in [-0.4, -0.2) is 14.4 Å². The van der Waals surface area contributed by atoms with Crippen molar-refractivity contribution >= 4 is 38.5 Å². The van der Waals surface area contributed by atoms with Crippen LogP contribution in [0.4, 0.5) is 0 Å². The summed E-state index contributed by atoms with van der Waals surface area (Å²) in [5.41, 5.74) is 13.2. The van der Waals surface area contributed by atoms with Crippen molar-refractivity contribution in [2.75, 3.05) is 0 Å². The Morgan fingerprint density at radius 2 is 0.980 bits per heavy atom. The molecule has 0 bridgehead atoms. The quantitative estimate of drug-likeness (QED) is 0.188. The monoisotopic (exact) mass is 639 g/mol. The maximum Gasteiger partial charge on any atom is 0.213 e. The summed E-state index contributed by atoms with van der Waals surface area (Å²) >= 11 is 0. The Labute approximate surface area is 288 Å². The molecule has 0 aliphatic heterocycles. The summed E-state index contributed by atoms with van der Waals surface area (Å²) in [4.78, 5) is 10.0. The Morgan fingerprint density at radius 3 is 1.76 bits per heavy atom. The Bertz CT molecular complexity index is 2790. The minimum atomic E-state index is 0.703. The van der Waals surface area contributed by atoms with Crippen LogP contribution >= 0.6 is 0 Å². The van der Waals surface area contributed by atoms with Crippen molar-refractivity contribution < 1.29 is 4.42 Å². The molecule has 0 atom stereocenters. The lowest BCUT2D eigenvalue weighted by Crippen LogP contribution is -1.95. The molecule has 4 heteroatoms. The van der Waals surface area contributed by atoms with Crippen LogP contribution in [0.1, 0.15) is 0 Å². The van der Waals surface area contributed by atoms with Crippen LogP contribution in [0.15, 0.2) is 180 Å². The molecule has 0 N–H and O–H groups in total. The normalized spacial score (nSPS) is 11.6. The summed E-state index contributed by atoms with van der Waals surface area (Å²) in [6.07, 6.45) is 0. The molecule has 0 saturated carbocycles. The minimum absolute atomic E-state index is 0.703. The largest absolute Gasteiger partial charge is 0.438 e. The van der Waals surface area contributed by atoms with Gasteiger partial charge in [0.25, 0.3) is 0 Å². The second-order valence-electron chi connectivity index (χ2n) is 12.7. The summed E-state index contributed by atoms with van der Waals surface area (Å²) in [5, 5.41) is 3.61. The summed E-state index contributed by atoms with van der Waals surface area (Å²) < 4.78 is 8.86. The number of fused-ring (bicyclic) bond motifs is 6. The number of rotatable bonds is 5. The summed E-state index contributed by atoms with van der Waals surface area (Å²) in [7, 11) is 0. The van der Waals surface area contributed by atoms with Gasteiger partial charge in [0.1, 0.15) is 0 Å². The third-order valence-corrected chi connectivity index (χ3v) is 9.62. The molecule has 4 nitrogen and oxygen atoms in total. The van der Waals surface area contributed by atoms with Crippen molar-refractivity contribution in [1.29, 1.82) is 0 Å². The van der Waals surface area contributed by atoms with Gasteiger partial charge < -0.3 is 4.42 Å². The zero-order chi connectivity index (χ0) is 33.0. The molecule has 3 aromatic heterocycles. The van der Waals surface area contributed by atoms with E-state index in [0.29, 0.717) is 5.82 Å². The minimum Gasteiger partial charge on any atom is -0.438 e. The van der Waals surface area contributed by atoms with Gasteiger partial charge in [-0.25, -0.2) is 9.97 Å². The Kier molecular flexibility index (Phi) is 6.46. The lowest BCUT2D eigenvalue weighted by atomic mass is 9.97. The van der Waals surface area contributed by atoms with E-state index in [9.17, 15) is 0 Å². The molecule has 0 aliphatic carbocycles. The number of hydrogen-bond acceptors (Lipinski definition) is 3. The van der Waals surface area contributed by atoms with Crippen LogP contribution in [0.3, 0.4) is 0 Å². The van der Waals surface area contributed by atoms with Gasteiger partial charge in [-0.3, -0.25) is 4.40 Å². The number of benzene rings is 7. The van der Waals surface area contributed by atoms with E-state index in [1.807, 2.05) is 48.5 Å². The SMILES string of the molecule is c1ccc(-c2cc(-c3ccc(-c4c5cc(-c6ccc7ccccc7c6)ccc5n5c4oc4ccccc45)cc3)nc(-c3ccccc3)n2)cc1. The summed E-state index contributed by atoms with van der Waals surface area (Å²) in [6, 6.07) is 61.4. The van der Waals surface area contributed by atoms with Gasteiger partial charge in [0, 0.05) is 22.1 Å². The van der Waals surface area contributed by atoms with Gasteiger partial charge in [-0.2, -0.15) is 0 Å². The number of aromatic nitrogens is 3. The van der Waals surface area contributed by atoms with Crippen molar-refractivity contribution in [2.45, 2.75) is 0 Å². The average molecular weight is 640 g/mol. The molecule has 0 amide bonds. The molecule has 7 aromatic carbocycles. The molecular formula is C46H29N3O. The van der Waals surface area contributed by atoms with E-state index < -0.39 is 0 Å². The third kappa shape index (κ3) is 4.69. The molecule has 50 heavy (non-hydrogen) atoms. The molecule has 10 rings (SSSR count). The fraction of sp³-hybridized carbons (Fsp3) is 0. The molecule has 10 aromatic rings. The Morgan fingerprint density at radius 1 is 0.400 bits per heavy atom. The zero-order valence-corrected chi connectivity index (χ0v) is 27.0. The van der Waals surface area contributed by atoms with Gasteiger partial charge in [0.2, 0.25) is 5.71 Å². The molecule has 3 heterocycles. The average Bonchev–Trinajstić information content (AvgIpc) is 3.72. The van der Waals surface area contributed by atoms with Crippen molar-refractivity contribution in [1.82, 2.24) is 14.4 Å². The van der Waals surface area contributed by atoms with E-state index in [0.717, 1.165) is 66.9 Å². The van der Waals surface area contributed by atoms with Crippen molar-refractivity contribution in [2.24, 2.45) is 0 Å². The number of para-hydroxylation sites is 2. The first-order chi connectivity index (χ1) is 24.8. The van der Waals surface area contributed by atoms with Gasteiger partial charge in [0.05, 0.1) is 28.0 Å². The first-order valence-electron chi connectivity index (χ1n) is 16.8. The van der Waals surface area contributed by atoms with Crippen LogP contribution in [0.5, 0.6) is 0 Å². The smallest absolute Gasteiger partial charge is 0.213 e. The summed E-state index contributed by atoms with van der Waals surface area (Å²) in [5.74, 6) is 0.703. The predicted molar refractivity (Wildman–Crippen MR) is 205 cm³/mol. The van der Waals surface area contributed by atoms with E-state index in [1.54, 1.807) is 0 Å². The fourth-order valence-electron chi connectivity index (χ4n) is 7.14. The van der Waals surface area contributed by atoms with Crippen LogP contribution < -0.4 is 0 Å². The van der Waals surface area contributed by atoms with Crippen molar-refractivity contribution in [3.63, 3.8) is 0 Å². The maximum absolute atomic E-state index is 6.61. The zero-order valence-electron chi connectivity index (χ0n) is 27.0. The molecule has 0 radical (unpaired) electrons.